The number of para-hydroxylation sites is 1. The molecule has 10 heteroatoms. The van der Waals surface area contributed by atoms with Crippen molar-refractivity contribution in [2.75, 3.05) is 50.7 Å². The highest BCUT2D eigenvalue weighted by Crippen LogP contribution is 2.36. The molecule has 3 N–H and O–H groups in total. The molecule has 2 heterocycles. The molecule has 0 radical (unpaired) electrons. The Bertz CT molecular complexity index is 1230. The number of ether oxygens (including phenoxy) is 3. The maximum absolute atomic E-state index is 13.7. The van der Waals surface area contributed by atoms with Crippen molar-refractivity contribution in [3.63, 3.8) is 0 Å². The first-order chi connectivity index (χ1) is 19.8. The molecule has 10 nitrogen and oxygen atoms in total. The lowest BCUT2D eigenvalue weighted by atomic mass is 9.89. The maximum atomic E-state index is 13.7. The summed E-state index contributed by atoms with van der Waals surface area (Å²) in [5.74, 6) is 1.98. The Labute approximate surface area is 241 Å². The van der Waals surface area contributed by atoms with Crippen LogP contribution in [0, 0.1) is 11.8 Å². The van der Waals surface area contributed by atoms with E-state index in [1.807, 2.05) is 6.92 Å². The monoisotopic (exact) mass is 566 g/mol. The molecule has 0 spiro atoms. The number of fused-ring (bicyclic) bond motifs is 2. The van der Waals surface area contributed by atoms with E-state index in [-0.39, 0.29) is 37.4 Å². The quantitative estimate of drug-likeness (QED) is 0.421. The number of amides is 3. The van der Waals surface area contributed by atoms with E-state index in [9.17, 15) is 14.7 Å². The number of carbonyl (C=O) groups is 2. The first kappa shape index (κ1) is 29.0. The third kappa shape index (κ3) is 6.87. The number of benzene rings is 2. The Morgan fingerprint density at radius 3 is 2.66 bits per heavy atom. The summed E-state index contributed by atoms with van der Waals surface area (Å²) in [6, 6.07) is 9.52. The maximum Gasteiger partial charge on any atom is 0.323 e. The molecule has 5 rings (SSSR count). The van der Waals surface area contributed by atoms with Crippen LogP contribution in [0.15, 0.2) is 36.4 Å². The second-order valence-corrected chi connectivity index (χ2v) is 11.7. The summed E-state index contributed by atoms with van der Waals surface area (Å²) >= 11 is 0. The lowest BCUT2D eigenvalue weighted by molar-refractivity contribution is 0.0333. The SMILES string of the molecule is C[C@H](CO)N1C[C@H](C)[C@@H](CN(C)CC2CCCCC2)Oc2c(NC(=O)Nc3ccc4c(c3)OCO4)cccc2C1=O. The number of hydrogen-bond acceptors (Lipinski definition) is 7. The van der Waals surface area contributed by atoms with Gasteiger partial charge in [0.15, 0.2) is 17.2 Å². The van der Waals surface area contributed by atoms with Gasteiger partial charge in [0.2, 0.25) is 6.79 Å². The van der Waals surface area contributed by atoms with Crippen LogP contribution in [-0.4, -0.2) is 79.1 Å². The standard InChI is InChI=1S/C31H42N4O6/c1-20-15-35(21(2)18-36)30(37)24-10-7-11-25(33-31(38)32-23-12-13-26-27(14-23)40-19-39-26)29(24)41-28(20)17-34(3)16-22-8-5-4-6-9-22/h7,10-14,20-22,28,36H,4-6,8-9,15-19H2,1-3H3,(H2,32,33,38)/t20-,21+,28+/m0/s1. The Morgan fingerprint density at radius 1 is 1.10 bits per heavy atom. The summed E-state index contributed by atoms with van der Waals surface area (Å²) in [4.78, 5) is 30.9. The van der Waals surface area contributed by atoms with Crippen LogP contribution in [0.1, 0.15) is 56.3 Å². The van der Waals surface area contributed by atoms with Crippen molar-refractivity contribution in [2.45, 2.75) is 58.1 Å². The fourth-order valence-corrected chi connectivity index (χ4v) is 6.01. The molecule has 0 bridgehead atoms. The summed E-state index contributed by atoms with van der Waals surface area (Å²) in [6.45, 7) is 6.08. The predicted octanol–water partition coefficient (Wildman–Crippen LogP) is 4.79. The van der Waals surface area contributed by atoms with E-state index < -0.39 is 6.03 Å². The van der Waals surface area contributed by atoms with Gasteiger partial charge in [-0.2, -0.15) is 0 Å². The molecule has 3 aliphatic rings. The average Bonchev–Trinajstić information content (AvgIpc) is 3.43. The lowest BCUT2D eigenvalue weighted by Crippen LogP contribution is -2.50. The second-order valence-electron chi connectivity index (χ2n) is 11.7. The van der Waals surface area contributed by atoms with E-state index in [2.05, 4.69) is 29.5 Å². The van der Waals surface area contributed by atoms with Gasteiger partial charge < -0.3 is 39.8 Å². The van der Waals surface area contributed by atoms with Gasteiger partial charge in [-0.05, 0) is 57.0 Å². The fraction of sp³-hybridized carbons (Fsp3) is 0.548. The van der Waals surface area contributed by atoms with Gasteiger partial charge in [0, 0.05) is 37.3 Å². The van der Waals surface area contributed by atoms with Gasteiger partial charge in [0.05, 0.1) is 23.9 Å². The zero-order valence-electron chi connectivity index (χ0n) is 24.2. The van der Waals surface area contributed by atoms with Crippen molar-refractivity contribution in [1.82, 2.24) is 9.80 Å². The minimum atomic E-state index is -0.477. The van der Waals surface area contributed by atoms with Gasteiger partial charge in [-0.3, -0.25) is 4.79 Å². The molecule has 2 aliphatic heterocycles. The molecule has 222 valence electrons. The van der Waals surface area contributed by atoms with Gasteiger partial charge in [-0.15, -0.1) is 0 Å². The number of aliphatic hydroxyl groups is 1. The summed E-state index contributed by atoms with van der Waals surface area (Å²) in [5.41, 5.74) is 1.30. The molecular formula is C31H42N4O6. The smallest absolute Gasteiger partial charge is 0.323 e. The molecule has 2 aromatic carbocycles. The number of anilines is 2. The number of urea groups is 1. The van der Waals surface area contributed by atoms with Gasteiger partial charge in [0.25, 0.3) is 5.91 Å². The Balaban J connectivity index is 1.38. The largest absolute Gasteiger partial charge is 0.486 e. The molecule has 0 unspecified atom stereocenters. The first-order valence-corrected chi connectivity index (χ1v) is 14.7. The number of carbonyl (C=O) groups excluding carboxylic acids is 2. The van der Waals surface area contributed by atoms with Crippen LogP contribution < -0.4 is 24.8 Å². The van der Waals surface area contributed by atoms with Crippen LogP contribution in [0.25, 0.3) is 0 Å². The fourth-order valence-electron chi connectivity index (χ4n) is 6.01. The number of nitrogens with zero attached hydrogens (tertiary/aromatic N) is 2. The van der Waals surface area contributed by atoms with Crippen molar-refractivity contribution >= 4 is 23.3 Å². The minimum absolute atomic E-state index is 0.00887. The van der Waals surface area contributed by atoms with Crippen molar-refractivity contribution in [3.8, 4) is 17.2 Å². The summed E-state index contributed by atoms with van der Waals surface area (Å²) in [6.07, 6.45) is 6.20. The summed E-state index contributed by atoms with van der Waals surface area (Å²) in [7, 11) is 2.13. The second kappa shape index (κ2) is 13.0. The minimum Gasteiger partial charge on any atom is -0.486 e. The van der Waals surface area contributed by atoms with Gasteiger partial charge >= 0.3 is 6.03 Å². The van der Waals surface area contributed by atoms with E-state index in [1.165, 1.54) is 32.1 Å². The molecule has 0 saturated heterocycles. The van der Waals surface area contributed by atoms with E-state index in [0.717, 1.165) is 6.54 Å². The van der Waals surface area contributed by atoms with E-state index in [1.54, 1.807) is 41.3 Å². The van der Waals surface area contributed by atoms with Crippen LogP contribution in [0.3, 0.4) is 0 Å². The van der Waals surface area contributed by atoms with Gasteiger partial charge in [-0.25, -0.2) is 4.79 Å². The van der Waals surface area contributed by atoms with Crippen LogP contribution in [0.2, 0.25) is 0 Å². The normalized spacial score (nSPS) is 21.5. The van der Waals surface area contributed by atoms with Crippen LogP contribution in [0.4, 0.5) is 16.2 Å². The third-order valence-corrected chi connectivity index (χ3v) is 8.36. The Morgan fingerprint density at radius 2 is 1.88 bits per heavy atom. The van der Waals surface area contributed by atoms with Gasteiger partial charge in [0.1, 0.15) is 6.10 Å². The van der Waals surface area contributed by atoms with E-state index >= 15 is 0 Å². The van der Waals surface area contributed by atoms with Crippen molar-refractivity contribution in [1.29, 1.82) is 0 Å². The third-order valence-electron chi connectivity index (χ3n) is 8.36. The van der Waals surface area contributed by atoms with E-state index in [4.69, 9.17) is 14.2 Å². The number of nitrogens with one attached hydrogen (secondary N) is 2. The zero-order valence-corrected chi connectivity index (χ0v) is 24.2. The van der Waals surface area contributed by atoms with Crippen LogP contribution in [-0.2, 0) is 0 Å². The van der Waals surface area contributed by atoms with Gasteiger partial charge in [-0.1, -0.05) is 32.3 Å². The van der Waals surface area contributed by atoms with Crippen LogP contribution >= 0.6 is 0 Å². The molecule has 0 aromatic heterocycles. The molecule has 3 amide bonds. The highest BCUT2D eigenvalue weighted by Gasteiger charge is 2.35. The lowest BCUT2D eigenvalue weighted by Gasteiger charge is -2.39. The summed E-state index contributed by atoms with van der Waals surface area (Å²) in [5, 5.41) is 15.7. The molecule has 1 fully saturated rings. The highest BCUT2D eigenvalue weighted by atomic mass is 16.7. The van der Waals surface area contributed by atoms with Crippen molar-refractivity contribution < 1.29 is 28.9 Å². The summed E-state index contributed by atoms with van der Waals surface area (Å²) < 4.78 is 17.4. The topological polar surface area (TPSA) is 113 Å². The number of aliphatic hydroxyl groups excluding tert-OH is 1. The molecule has 1 aliphatic carbocycles. The van der Waals surface area contributed by atoms with E-state index in [0.29, 0.717) is 53.2 Å². The Kier molecular flexibility index (Phi) is 9.19. The van der Waals surface area contributed by atoms with Crippen LogP contribution in [0.5, 0.6) is 17.2 Å². The zero-order chi connectivity index (χ0) is 28.9. The molecule has 3 atom stereocenters. The molecular weight excluding hydrogens is 524 g/mol. The highest BCUT2D eigenvalue weighted by molar-refractivity contribution is 6.04. The number of likely N-dealkylation sites (N-methyl/N-ethyl adjacent to an activating group) is 1. The molecule has 1 saturated carbocycles. The number of hydrogen-bond donors (Lipinski definition) is 3. The molecule has 2 aromatic rings. The first-order valence-electron chi connectivity index (χ1n) is 14.7. The number of rotatable bonds is 8. The molecule has 41 heavy (non-hydrogen) atoms. The van der Waals surface area contributed by atoms with Crippen molar-refractivity contribution in [3.05, 3.63) is 42.0 Å². The average molecular weight is 567 g/mol. The van der Waals surface area contributed by atoms with Crippen molar-refractivity contribution in [2.24, 2.45) is 11.8 Å². The Hall–Kier alpha value is -3.50. The predicted molar refractivity (Wildman–Crippen MR) is 157 cm³/mol.